The van der Waals surface area contributed by atoms with E-state index in [1.54, 1.807) is 0 Å². The van der Waals surface area contributed by atoms with Gasteiger partial charge in [-0.3, -0.25) is 9.69 Å². The van der Waals surface area contributed by atoms with Crippen LogP contribution in [0.3, 0.4) is 0 Å². The number of fused-ring (bicyclic) bond motifs is 2. The van der Waals surface area contributed by atoms with E-state index >= 15 is 0 Å². The van der Waals surface area contributed by atoms with Crippen molar-refractivity contribution in [2.45, 2.75) is 45.8 Å². The third-order valence-corrected chi connectivity index (χ3v) is 5.44. The smallest absolute Gasteiger partial charge is 0.239 e. The third kappa shape index (κ3) is 3.16. The third-order valence-electron chi connectivity index (χ3n) is 5.44. The molecule has 2 aliphatic heterocycles. The number of hydrogen-bond acceptors (Lipinski definition) is 4. The lowest BCUT2D eigenvalue weighted by Gasteiger charge is -2.37. The molecule has 5 heteroatoms. The molecule has 0 saturated carbocycles. The van der Waals surface area contributed by atoms with Crippen LogP contribution in [-0.4, -0.2) is 44.8 Å². The van der Waals surface area contributed by atoms with Crippen LogP contribution in [0.25, 0.3) is 0 Å². The molecule has 25 heavy (non-hydrogen) atoms. The Labute approximate surface area is 148 Å². The molecule has 1 aromatic heterocycles. The predicted molar refractivity (Wildman–Crippen MR) is 95.9 cm³/mol. The van der Waals surface area contributed by atoms with Crippen molar-refractivity contribution < 1.29 is 4.79 Å². The van der Waals surface area contributed by atoms with Crippen molar-refractivity contribution in [2.75, 3.05) is 13.1 Å². The molecular weight excluding hydrogens is 312 g/mol. The first-order valence-electron chi connectivity index (χ1n) is 9.03. The number of carbonyl (C=O) groups is 1. The Bertz CT molecular complexity index is 804. The van der Waals surface area contributed by atoms with Crippen LogP contribution in [0.5, 0.6) is 0 Å². The average molecular weight is 336 g/mol. The van der Waals surface area contributed by atoms with E-state index in [1.165, 1.54) is 16.7 Å². The molecule has 0 spiro atoms. The molecule has 130 valence electrons. The second-order valence-electron chi connectivity index (χ2n) is 7.06. The summed E-state index contributed by atoms with van der Waals surface area (Å²) in [4.78, 5) is 26.2. The number of aryl methyl sites for hydroxylation is 1. The molecule has 5 nitrogen and oxygen atoms in total. The van der Waals surface area contributed by atoms with Gasteiger partial charge >= 0.3 is 0 Å². The minimum absolute atomic E-state index is 0.117. The molecule has 1 amide bonds. The van der Waals surface area contributed by atoms with Crippen molar-refractivity contribution in [1.29, 1.82) is 0 Å². The lowest BCUT2D eigenvalue weighted by atomic mass is 9.99. The lowest BCUT2D eigenvalue weighted by Crippen LogP contribution is -2.50. The molecule has 0 fully saturated rings. The maximum atomic E-state index is 13.0. The highest BCUT2D eigenvalue weighted by atomic mass is 16.2. The monoisotopic (exact) mass is 336 g/mol. The highest BCUT2D eigenvalue weighted by molar-refractivity contribution is 5.81. The molecule has 1 unspecified atom stereocenters. The van der Waals surface area contributed by atoms with Gasteiger partial charge in [0.05, 0.1) is 11.7 Å². The Morgan fingerprint density at radius 1 is 1.08 bits per heavy atom. The number of benzene rings is 1. The van der Waals surface area contributed by atoms with Gasteiger partial charge in [0.1, 0.15) is 5.82 Å². The van der Waals surface area contributed by atoms with E-state index in [4.69, 9.17) is 0 Å². The Morgan fingerprint density at radius 3 is 2.68 bits per heavy atom. The van der Waals surface area contributed by atoms with Crippen LogP contribution in [0.15, 0.2) is 30.5 Å². The zero-order chi connectivity index (χ0) is 17.4. The molecular formula is C20H24N4O. The molecule has 0 radical (unpaired) electrons. The van der Waals surface area contributed by atoms with Gasteiger partial charge in [-0.15, -0.1) is 0 Å². The van der Waals surface area contributed by atoms with Gasteiger partial charge in [-0.25, -0.2) is 9.97 Å². The largest absolute Gasteiger partial charge is 0.337 e. The first kappa shape index (κ1) is 16.2. The summed E-state index contributed by atoms with van der Waals surface area (Å²) < 4.78 is 0. The van der Waals surface area contributed by atoms with Gasteiger partial charge in [-0.2, -0.15) is 0 Å². The van der Waals surface area contributed by atoms with Crippen molar-refractivity contribution in [2.24, 2.45) is 0 Å². The molecule has 2 aromatic rings. The van der Waals surface area contributed by atoms with Gasteiger partial charge in [-0.1, -0.05) is 24.3 Å². The number of amides is 1. The van der Waals surface area contributed by atoms with Crippen LogP contribution in [0.4, 0.5) is 0 Å². The molecule has 0 saturated heterocycles. The lowest BCUT2D eigenvalue weighted by molar-refractivity contribution is -0.137. The Balaban J connectivity index is 1.46. The molecule has 4 rings (SSSR count). The average Bonchev–Trinajstić information content (AvgIpc) is 2.65. The summed E-state index contributed by atoms with van der Waals surface area (Å²) in [7, 11) is 0. The second-order valence-corrected chi connectivity index (χ2v) is 7.06. The van der Waals surface area contributed by atoms with Gasteiger partial charge in [-0.05, 0) is 43.4 Å². The van der Waals surface area contributed by atoms with Crippen LogP contribution in [0, 0.1) is 6.92 Å². The van der Waals surface area contributed by atoms with E-state index in [9.17, 15) is 4.79 Å². The van der Waals surface area contributed by atoms with Gasteiger partial charge in [0, 0.05) is 32.4 Å². The first-order chi connectivity index (χ1) is 12.1. The number of nitrogens with zero attached hydrogens (tertiary/aromatic N) is 4. The van der Waals surface area contributed by atoms with E-state index in [2.05, 4.69) is 39.1 Å². The van der Waals surface area contributed by atoms with Crippen LogP contribution in [-0.2, 0) is 30.7 Å². The van der Waals surface area contributed by atoms with Gasteiger partial charge in [0.15, 0.2) is 0 Å². The fourth-order valence-corrected chi connectivity index (χ4v) is 3.86. The fraction of sp³-hybridized carbons (Fsp3) is 0.450. The van der Waals surface area contributed by atoms with Crippen molar-refractivity contribution in [1.82, 2.24) is 19.8 Å². The predicted octanol–water partition coefficient (Wildman–Crippen LogP) is 2.12. The van der Waals surface area contributed by atoms with E-state index in [0.717, 1.165) is 50.5 Å². The summed E-state index contributed by atoms with van der Waals surface area (Å²) in [5.41, 5.74) is 4.94. The van der Waals surface area contributed by atoms with Crippen LogP contribution >= 0.6 is 0 Å². The maximum absolute atomic E-state index is 13.0. The normalized spacial score (nSPS) is 18.4. The van der Waals surface area contributed by atoms with Crippen molar-refractivity contribution in [3.63, 3.8) is 0 Å². The molecule has 0 bridgehead atoms. The Morgan fingerprint density at radius 2 is 1.84 bits per heavy atom. The van der Waals surface area contributed by atoms with Crippen molar-refractivity contribution >= 4 is 5.91 Å². The first-order valence-corrected chi connectivity index (χ1v) is 9.03. The SMILES string of the molecule is Cc1ncc2c(n1)CN(C(C)C(=O)N1CCc3ccccc3C1)CC2. The van der Waals surface area contributed by atoms with E-state index < -0.39 is 0 Å². The fourth-order valence-electron chi connectivity index (χ4n) is 3.86. The minimum Gasteiger partial charge on any atom is -0.337 e. The van der Waals surface area contributed by atoms with Crippen LogP contribution in [0.1, 0.15) is 35.1 Å². The number of hydrogen-bond donors (Lipinski definition) is 0. The van der Waals surface area contributed by atoms with Gasteiger partial charge in [0.25, 0.3) is 0 Å². The summed E-state index contributed by atoms with van der Waals surface area (Å²) in [6.45, 7) is 7.10. The quantitative estimate of drug-likeness (QED) is 0.843. The molecule has 0 aliphatic carbocycles. The van der Waals surface area contributed by atoms with E-state index in [-0.39, 0.29) is 11.9 Å². The topological polar surface area (TPSA) is 49.3 Å². The highest BCUT2D eigenvalue weighted by Gasteiger charge is 2.30. The summed E-state index contributed by atoms with van der Waals surface area (Å²) in [6, 6.07) is 8.32. The number of aromatic nitrogens is 2. The Kier molecular flexibility index (Phi) is 4.25. The molecule has 1 aromatic carbocycles. The van der Waals surface area contributed by atoms with Gasteiger partial charge in [0.2, 0.25) is 5.91 Å². The van der Waals surface area contributed by atoms with Gasteiger partial charge < -0.3 is 4.90 Å². The summed E-state index contributed by atoms with van der Waals surface area (Å²) in [5.74, 6) is 1.02. The van der Waals surface area contributed by atoms with Crippen molar-refractivity contribution in [3.05, 3.63) is 58.7 Å². The number of carbonyl (C=O) groups excluding carboxylic acids is 1. The molecule has 0 N–H and O–H groups in total. The number of rotatable bonds is 2. The zero-order valence-corrected chi connectivity index (χ0v) is 14.9. The van der Waals surface area contributed by atoms with Crippen LogP contribution < -0.4 is 0 Å². The highest BCUT2D eigenvalue weighted by Crippen LogP contribution is 2.22. The zero-order valence-electron chi connectivity index (χ0n) is 14.9. The molecule has 2 aliphatic rings. The van der Waals surface area contributed by atoms with E-state index in [1.807, 2.05) is 24.9 Å². The van der Waals surface area contributed by atoms with Crippen molar-refractivity contribution in [3.8, 4) is 0 Å². The summed E-state index contributed by atoms with van der Waals surface area (Å²) in [6.07, 6.45) is 3.79. The standard InChI is InChI=1S/C20H24N4O/c1-14(23-9-8-17-11-21-15(2)22-19(17)13-23)20(25)24-10-7-16-5-3-4-6-18(16)12-24/h3-6,11,14H,7-10,12-13H2,1-2H3. The summed E-state index contributed by atoms with van der Waals surface area (Å²) >= 11 is 0. The Hall–Kier alpha value is -2.27. The van der Waals surface area contributed by atoms with E-state index in [0.29, 0.717) is 0 Å². The molecule has 1 atom stereocenters. The summed E-state index contributed by atoms with van der Waals surface area (Å²) in [5, 5.41) is 0. The van der Waals surface area contributed by atoms with Crippen LogP contribution in [0.2, 0.25) is 0 Å². The minimum atomic E-state index is -0.117. The maximum Gasteiger partial charge on any atom is 0.239 e. The molecule has 3 heterocycles. The second kappa shape index (κ2) is 6.56.